The second-order valence-electron chi connectivity index (χ2n) is 3.32. The van der Waals surface area contributed by atoms with Crippen molar-refractivity contribution in [3.05, 3.63) is 54.6 Å². The average Bonchev–Trinajstić information content (AvgIpc) is 2.42. The maximum absolute atomic E-state index is 3.11. The van der Waals surface area contributed by atoms with Crippen molar-refractivity contribution in [2.75, 3.05) is 0 Å². The van der Waals surface area contributed by atoms with Crippen molar-refractivity contribution in [1.82, 2.24) is 4.57 Å². The third-order valence-corrected chi connectivity index (χ3v) is 2.44. The maximum Gasteiger partial charge on any atom is 1.00 e. The number of hydrogen-bond acceptors (Lipinski definition) is 0. The Bertz CT molecular complexity index is 538. The van der Waals surface area contributed by atoms with E-state index in [9.17, 15) is 0 Å². The number of hydrogen-bond donors (Lipinski definition) is 0. The molecule has 1 aromatic carbocycles. The molecule has 16 heavy (non-hydrogen) atoms. The molecule has 0 aliphatic carbocycles. The van der Waals surface area contributed by atoms with E-state index in [1.165, 1.54) is 16.6 Å². The Morgan fingerprint density at radius 1 is 1.12 bits per heavy atom. The minimum atomic E-state index is 0. The van der Waals surface area contributed by atoms with Gasteiger partial charge in [-0.3, -0.25) is 0 Å². The molecular weight excluding hydrogens is 184 g/mol. The van der Waals surface area contributed by atoms with E-state index >= 15 is 0 Å². The summed E-state index contributed by atoms with van der Waals surface area (Å²) < 4.78 is 2.15. The summed E-state index contributed by atoms with van der Waals surface area (Å²) in [7, 11) is 0. The van der Waals surface area contributed by atoms with Gasteiger partial charge in [-0.05, 0) is 23.2 Å². The van der Waals surface area contributed by atoms with Gasteiger partial charge in [-0.1, -0.05) is 18.2 Å². The SMILES string of the molecule is [C-]1=Cn2c(cc3ccccc32)C=C[CH-]1.[Li+].[Li+]. The molecule has 1 aliphatic rings. The zero-order valence-electron chi connectivity index (χ0n) is 9.64. The first-order chi connectivity index (χ1) is 6.95. The Morgan fingerprint density at radius 2 is 1.94 bits per heavy atom. The predicted octanol–water partition coefficient (Wildman–Crippen LogP) is -2.85. The Kier molecular flexibility index (Phi) is 4.66. The van der Waals surface area contributed by atoms with Gasteiger partial charge in [0.15, 0.2) is 0 Å². The van der Waals surface area contributed by atoms with E-state index in [-0.39, 0.29) is 37.7 Å². The molecule has 68 valence electrons. The second kappa shape index (κ2) is 5.58. The van der Waals surface area contributed by atoms with Crippen molar-refractivity contribution in [1.29, 1.82) is 0 Å². The van der Waals surface area contributed by atoms with Crippen LogP contribution in [-0.2, 0) is 0 Å². The number of rotatable bonds is 0. The third kappa shape index (κ3) is 2.19. The van der Waals surface area contributed by atoms with Gasteiger partial charge in [-0.2, -0.15) is 6.20 Å². The van der Waals surface area contributed by atoms with Crippen molar-refractivity contribution in [3.8, 4) is 0 Å². The molecule has 0 saturated carbocycles. The molecule has 3 rings (SSSR count). The molecule has 0 unspecified atom stereocenters. The van der Waals surface area contributed by atoms with Crippen LogP contribution < -0.4 is 37.7 Å². The van der Waals surface area contributed by atoms with Crippen molar-refractivity contribution >= 4 is 23.2 Å². The minimum absolute atomic E-state index is 0. The Hall–Kier alpha value is -0.695. The Balaban J connectivity index is 0.000000640. The van der Waals surface area contributed by atoms with Crippen LogP contribution in [0.4, 0.5) is 0 Å². The fourth-order valence-corrected chi connectivity index (χ4v) is 1.79. The zero-order valence-corrected chi connectivity index (χ0v) is 9.64. The largest absolute Gasteiger partial charge is 1.00 e. The zero-order chi connectivity index (χ0) is 9.38. The molecule has 0 saturated heterocycles. The quantitative estimate of drug-likeness (QED) is 0.313. The molecule has 0 amide bonds. The third-order valence-electron chi connectivity index (χ3n) is 2.44. The second-order valence-corrected chi connectivity index (χ2v) is 3.32. The van der Waals surface area contributed by atoms with E-state index < -0.39 is 0 Å². The van der Waals surface area contributed by atoms with Gasteiger partial charge < -0.3 is 23.1 Å². The number of para-hydroxylation sites is 1. The summed E-state index contributed by atoms with van der Waals surface area (Å²) in [6.45, 7) is 0. The van der Waals surface area contributed by atoms with Crippen LogP contribution in [0.2, 0.25) is 0 Å². The molecule has 0 fully saturated rings. The minimum Gasteiger partial charge on any atom is -0.401 e. The van der Waals surface area contributed by atoms with Gasteiger partial charge in [-0.25, -0.2) is 6.08 Å². The van der Waals surface area contributed by atoms with Crippen LogP contribution in [-0.4, -0.2) is 4.57 Å². The van der Waals surface area contributed by atoms with Crippen LogP contribution in [0.3, 0.4) is 0 Å². The van der Waals surface area contributed by atoms with Gasteiger partial charge in [0.2, 0.25) is 0 Å². The molecule has 0 spiro atoms. The van der Waals surface area contributed by atoms with E-state index in [4.69, 9.17) is 0 Å². The van der Waals surface area contributed by atoms with Crippen LogP contribution in [0.25, 0.3) is 23.2 Å². The van der Waals surface area contributed by atoms with E-state index in [2.05, 4.69) is 47.1 Å². The van der Waals surface area contributed by atoms with Gasteiger partial charge in [-0.15, -0.1) is 0 Å². The molecular formula is C13H9Li2N. The van der Waals surface area contributed by atoms with E-state index in [0.717, 1.165) is 0 Å². The van der Waals surface area contributed by atoms with E-state index in [1.54, 1.807) is 0 Å². The molecule has 2 heterocycles. The molecule has 0 atom stereocenters. The van der Waals surface area contributed by atoms with Crippen molar-refractivity contribution in [2.45, 2.75) is 0 Å². The Morgan fingerprint density at radius 3 is 2.81 bits per heavy atom. The van der Waals surface area contributed by atoms with E-state index in [0.29, 0.717) is 0 Å². The van der Waals surface area contributed by atoms with Gasteiger partial charge >= 0.3 is 37.7 Å². The summed E-state index contributed by atoms with van der Waals surface area (Å²) in [4.78, 5) is 0. The molecule has 0 bridgehead atoms. The molecule has 3 heteroatoms. The fraction of sp³-hybridized carbons (Fsp3) is 0. The molecule has 0 radical (unpaired) electrons. The summed E-state index contributed by atoms with van der Waals surface area (Å²) in [6.07, 6.45) is 11.1. The van der Waals surface area contributed by atoms with Gasteiger partial charge in [0.25, 0.3) is 0 Å². The first-order valence-corrected chi connectivity index (χ1v) is 4.64. The van der Waals surface area contributed by atoms with Gasteiger partial charge in [0.05, 0.1) is 0 Å². The van der Waals surface area contributed by atoms with Gasteiger partial charge in [0, 0.05) is 5.52 Å². The number of benzene rings is 1. The smallest absolute Gasteiger partial charge is 0.401 e. The van der Waals surface area contributed by atoms with Crippen LogP contribution in [0, 0.1) is 12.5 Å². The van der Waals surface area contributed by atoms with Crippen molar-refractivity contribution in [2.24, 2.45) is 0 Å². The normalized spacial score (nSPS) is 12.0. The first kappa shape index (κ1) is 13.4. The first-order valence-electron chi connectivity index (χ1n) is 4.64. The molecule has 0 N–H and O–H groups in total. The fourth-order valence-electron chi connectivity index (χ4n) is 1.79. The average molecular weight is 193 g/mol. The van der Waals surface area contributed by atoms with Crippen LogP contribution in [0.15, 0.2) is 36.4 Å². The summed E-state index contributed by atoms with van der Waals surface area (Å²) in [5.41, 5.74) is 2.43. The van der Waals surface area contributed by atoms with Crippen LogP contribution in [0.5, 0.6) is 0 Å². The van der Waals surface area contributed by atoms with Crippen molar-refractivity contribution in [3.63, 3.8) is 0 Å². The number of aromatic nitrogens is 1. The summed E-state index contributed by atoms with van der Waals surface area (Å²) in [6, 6.07) is 10.6. The van der Waals surface area contributed by atoms with E-state index in [1.807, 2.05) is 18.7 Å². The molecule has 1 nitrogen and oxygen atoms in total. The summed E-state index contributed by atoms with van der Waals surface area (Å²) in [5, 5.41) is 1.27. The predicted molar refractivity (Wildman–Crippen MR) is 59.3 cm³/mol. The van der Waals surface area contributed by atoms with Gasteiger partial charge in [0.1, 0.15) is 0 Å². The summed E-state index contributed by atoms with van der Waals surface area (Å²) in [5.74, 6) is 0. The molecule has 1 aliphatic heterocycles. The summed E-state index contributed by atoms with van der Waals surface area (Å²) >= 11 is 0. The molecule has 1 aromatic heterocycles. The monoisotopic (exact) mass is 193 g/mol. The number of nitrogens with zero attached hydrogens (tertiary/aromatic N) is 1. The Labute approximate surface area is 120 Å². The van der Waals surface area contributed by atoms with Crippen LogP contribution in [0.1, 0.15) is 5.69 Å². The standard InChI is InChI=1S/C13H9N.2Li/c1-2-7-12-10-11-6-3-4-8-13(11)14(12)9-5-1;;/h1-4,6-10H;;/q-2;2*+1. The maximum atomic E-state index is 3.11. The number of fused-ring (bicyclic) bond motifs is 3. The number of allylic oxidation sites excluding steroid dienone is 2. The molecule has 2 aromatic rings. The van der Waals surface area contributed by atoms with Crippen molar-refractivity contribution < 1.29 is 37.7 Å². The topological polar surface area (TPSA) is 4.93 Å². The van der Waals surface area contributed by atoms with Crippen LogP contribution >= 0.6 is 0 Å².